The van der Waals surface area contributed by atoms with Crippen molar-refractivity contribution < 1.29 is 9.90 Å². The van der Waals surface area contributed by atoms with E-state index in [-0.39, 0.29) is 11.6 Å². The number of nitrogens with one attached hydrogen (secondary N) is 1. The van der Waals surface area contributed by atoms with Crippen LogP contribution in [0.15, 0.2) is 0 Å². The molecule has 1 unspecified atom stereocenters. The molecule has 4 heteroatoms. The third-order valence-electron chi connectivity index (χ3n) is 4.30. The predicted molar refractivity (Wildman–Crippen MR) is 73.8 cm³/mol. The summed E-state index contributed by atoms with van der Waals surface area (Å²) in [6, 6.07) is -0.387. The Morgan fingerprint density at radius 1 is 1.39 bits per heavy atom. The van der Waals surface area contributed by atoms with E-state index in [1.807, 2.05) is 0 Å². The third-order valence-corrected chi connectivity index (χ3v) is 4.30. The molecule has 0 aromatic carbocycles. The number of unbranched alkanes of at least 4 members (excludes halogenated alkanes) is 1. The van der Waals surface area contributed by atoms with E-state index in [1.165, 1.54) is 25.7 Å². The van der Waals surface area contributed by atoms with Crippen LogP contribution in [0.2, 0.25) is 0 Å². The molecule has 0 heterocycles. The summed E-state index contributed by atoms with van der Waals surface area (Å²) in [6.45, 7) is 2.89. The summed E-state index contributed by atoms with van der Waals surface area (Å²) >= 11 is 0. The van der Waals surface area contributed by atoms with Crippen LogP contribution in [-0.2, 0) is 4.79 Å². The molecule has 18 heavy (non-hydrogen) atoms. The Kier molecular flexibility index (Phi) is 6.09. The Labute approximate surface area is 111 Å². The molecule has 0 spiro atoms. The van der Waals surface area contributed by atoms with Crippen LogP contribution in [0.3, 0.4) is 0 Å². The minimum atomic E-state index is -0.713. The number of hydrogen-bond acceptors (Lipinski definition) is 3. The molecule has 1 rings (SSSR count). The molecule has 0 radical (unpaired) electrons. The molecule has 4 nitrogen and oxygen atoms in total. The van der Waals surface area contributed by atoms with Crippen molar-refractivity contribution in [3.8, 4) is 0 Å². The van der Waals surface area contributed by atoms with Crippen molar-refractivity contribution in [2.24, 2.45) is 0 Å². The molecule has 0 aromatic rings. The van der Waals surface area contributed by atoms with E-state index >= 15 is 0 Å². The Morgan fingerprint density at radius 2 is 2.00 bits per heavy atom. The SMILES string of the molecule is CCCCC(NCC1(N(C)C)CCCC1)C(=O)O. The number of rotatable bonds is 8. The molecule has 106 valence electrons. The van der Waals surface area contributed by atoms with Gasteiger partial charge in [-0.2, -0.15) is 0 Å². The molecular formula is C14H28N2O2. The van der Waals surface area contributed by atoms with Gasteiger partial charge in [-0.15, -0.1) is 0 Å². The van der Waals surface area contributed by atoms with Gasteiger partial charge in [0.2, 0.25) is 0 Å². The van der Waals surface area contributed by atoms with Gasteiger partial charge in [0.05, 0.1) is 0 Å². The van der Waals surface area contributed by atoms with Gasteiger partial charge in [-0.25, -0.2) is 0 Å². The summed E-state index contributed by atoms with van der Waals surface area (Å²) in [7, 11) is 4.21. The molecule has 0 amide bonds. The Hall–Kier alpha value is -0.610. The summed E-state index contributed by atoms with van der Waals surface area (Å²) in [4.78, 5) is 13.5. The predicted octanol–water partition coefficient (Wildman–Crippen LogP) is 2.09. The van der Waals surface area contributed by atoms with Gasteiger partial charge in [0.1, 0.15) is 6.04 Å². The molecule has 1 saturated carbocycles. The van der Waals surface area contributed by atoms with E-state index in [0.717, 1.165) is 25.8 Å². The second-order valence-corrected chi connectivity index (χ2v) is 5.74. The molecular weight excluding hydrogens is 228 g/mol. The average molecular weight is 256 g/mol. The minimum Gasteiger partial charge on any atom is -0.480 e. The second-order valence-electron chi connectivity index (χ2n) is 5.74. The fourth-order valence-corrected chi connectivity index (χ4v) is 2.85. The monoisotopic (exact) mass is 256 g/mol. The van der Waals surface area contributed by atoms with Crippen molar-refractivity contribution in [1.29, 1.82) is 0 Å². The molecule has 1 aliphatic carbocycles. The third kappa shape index (κ3) is 3.95. The van der Waals surface area contributed by atoms with Crippen LogP contribution < -0.4 is 5.32 Å². The quantitative estimate of drug-likeness (QED) is 0.698. The fourth-order valence-electron chi connectivity index (χ4n) is 2.85. The molecule has 2 N–H and O–H groups in total. The highest BCUT2D eigenvalue weighted by molar-refractivity contribution is 5.73. The number of likely N-dealkylation sites (N-methyl/N-ethyl adjacent to an activating group) is 1. The topological polar surface area (TPSA) is 52.6 Å². The Morgan fingerprint density at radius 3 is 2.44 bits per heavy atom. The summed E-state index contributed by atoms with van der Waals surface area (Å²) < 4.78 is 0. The number of nitrogens with zero attached hydrogens (tertiary/aromatic N) is 1. The lowest BCUT2D eigenvalue weighted by atomic mass is 9.95. The average Bonchev–Trinajstić information content (AvgIpc) is 2.78. The van der Waals surface area contributed by atoms with Crippen LogP contribution in [0.5, 0.6) is 0 Å². The lowest BCUT2D eigenvalue weighted by Crippen LogP contribution is -2.53. The molecule has 1 fully saturated rings. The van der Waals surface area contributed by atoms with E-state index in [1.54, 1.807) is 0 Å². The van der Waals surface area contributed by atoms with Gasteiger partial charge in [-0.1, -0.05) is 32.6 Å². The first-order chi connectivity index (χ1) is 8.52. The van der Waals surface area contributed by atoms with Crippen molar-refractivity contribution in [1.82, 2.24) is 10.2 Å². The van der Waals surface area contributed by atoms with Crippen LogP contribution in [0, 0.1) is 0 Å². The number of carbonyl (C=O) groups is 1. The maximum atomic E-state index is 11.2. The minimum absolute atomic E-state index is 0.167. The van der Waals surface area contributed by atoms with Gasteiger partial charge in [0, 0.05) is 12.1 Å². The Balaban J connectivity index is 2.51. The zero-order valence-corrected chi connectivity index (χ0v) is 12.0. The highest BCUT2D eigenvalue weighted by Gasteiger charge is 2.36. The van der Waals surface area contributed by atoms with Crippen molar-refractivity contribution >= 4 is 5.97 Å². The van der Waals surface area contributed by atoms with Crippen LogP contribution in [0.25, 0.3) is 0 Å². The summed E-state index contributed by atoms with van der Waals surface area (Å²) in [5, 5.41) is 12.5. The normalized spacial score (nSPS) is 20.2. The maximum absolute atomic E-state index is 11.2. The van der Waals surface area contributed by atoms with Gasteiger partial charge >= 0.3 is 5.97 Å². The number of carboxylic acids is 1. The van der Waals surface area contributed by atoms with Crippen LogP contribution >= 0.6 is 0 Å². The summed E-state index contributed by atoms with van der Waals surface area (Å²) in [6.07, 6.45) is 7.61. The smallest absolute Gasteiger partial charge is 0.320 e. The largest absolute Gasteiger partial charge is 0.480 e. The number of aliphatic carboxylic acids is 1. The van der Waals surface area contributed by atoms with Crippen molar-refractivity contribution in [3.63, 3.8) is 0 Å². The van der Waals surface area contributed by atoms with E-state index < -0.39 is 5.97 Å². The van der Waals surface area contributed by atoms with E-state index in [9.17, 15) is 9.90 Å². The molecule has 0 aromatic heterocycles. The molecule has 0 bridgehead atoms. The standard InChI is InChI=1S/C14H28N2O2/c1-4-5-8-12(13(17)18)15-11-14(16(2)3)9-6-7-10-14/h12,15H,4-11H2,1-3H3,(H,17,18). The number of carboxylic acid groups (broad SMARTS) is 1. The van der Waals surface area contributed by atoms with Crippen molar-refractivity contribution in [3.05, 3.63) is 0 Å². The van der Waals surface area contributed by atoms with E-state index in [0.29, 0.717) is 0 Å². The van der Waals surface area contributed by atoms with Crippen LogP contribution in [-0.4, -0.2) is 48.2 Å². The Bertz CT molecular complexity index is 261. The van der Waals surface area contributed by atoms with Gasteiger partial charge < -0.3 is 15.3 Å². The molecule has 0 aliphatic heterocycles. The maximum Gasteiger partial charge on any atom is 0.320 e. The zero-order valence-electron chi connectivity index (χ0n) is 12.0. The summed E-state index contributed by atoms with van der Waals surface area (Å²) in [5.41, 5.74) is 0.167. The lowest BCUT2D eigenvalue weighted by Gasteiger charge is -2.37. The fraction of sp³-hybridized carbons (Fsp3) is 0.929. The number of hydrogen-bond donors (Lipinski definition) is 2. The molecule has 1 atom stereocenters. The summed E-state index contributed by atoms with van der Waals surface area (Å²) in [5.74, 6) is -0.713. The van der Waals surface area contributed by atoms with E-state index in [4.69, 9.17) is 0 Å². The van der Waals surface area contributed by atoms with Crippen LogP contribution in [0.1, 0.15) is 51.9 Å². The first-order valence-electron chi connectivity index (χ1n) is 7.15. The van der Waals surface area contributed by atoms with Crippen LogP contribution in [0.4, 0.5) is 0 Å². The lowest BCUT2D eigenvalue weighted by molar-refractivity contribution is -0.139. The first kappa shape index (κ1) is 15.4. The van der Waals surface area contributed by atoms with Gasteiger partial charge in [-0.05, 0) is 33.4 Å². The molecule has 1 aliphatic rings. The van der Waals surface area contributed by atoms with Gasteiger partial charge in [0.25, 0.3) is 0 Å². The molecule has 0 saturated heterocycles. The van der Waals surface area contributed by atoms with E-state index in [2.05, 4.69) is 31.2 Å². The van der Waals surface area contributed by atoms with Gasteiger partial charge in [-0.3, -0.25) is 4.79 Å². The first-order valence-corrected chi connectivity index (χ1v) is 7.15. The second kappa shape index (κ2) is 7.10. The van der Waals surface area contributed by atoms with Gasteiger partial charge in [0.15, 0.2) is 0 Å². The van der Waals surface area contributed by atoms with Crippen molar-refractivity contribution in [2.75, 3.05) is 20.6 Å². The highest BCUT2D eigenvalue weighted by atomic mass is 16.4. The zero-order chi connectivity index (χ0) is 13.6. The van der Waals surface area contributed by atoms with Crippen molar-refractivity contribution in [2.45, 2.75) is 63.5 Å². The highest BCUT2D eigenvalue weighted by Crippen LogP contribution is 2.33.